The third kappa shape index (κ3) is 2.93. The summed E-state index contributed by atoms with van der Waals surface area (Å²) in [5.74, 6) is 0.590. The molecule has 1 aromatic rings. The second-order valence-electron chi connectivity index (χ2n) is 4.68. The second-order valence-corrected chi connectivity index (χ2v) is 4.94. The lowest BCUT2D eigenvalue weighted by Gasteiger charge is -2.34. The van der Waals surface area contributed by atoms with Crippen molar-refractivity contribution in [2.75, 3.05) is 25.1 Å². The van der Waals surface area contributed by atoms with Crippen LogP contribution < -0.4 is 4.90 Å². The molecule has 0 unspecified atom stereocenters. The topological polar surface area (TPSA) is 12.5 Å². The van der Waals surface area contributed by atoms with Gasteiger partial charge in [-0.05, 0) is 37.0 Å². The molecule has 1 aliphatic heterocycles. The van der Waals surface area contributed by atoms with Crippen LogP contribution in [0, 0.1) is 6.92 Å². The highest BCUT2D eigenvalue weighted by Gasteiger charge is 2.19. The van der Waals surface area contributed by atoms with E-state index in [1.165, 1.54) is 16.8 Å². The van der Waals surface area contributed by atoms with E-state index in [0.717, 1.165) is 25.9 Å². The summed E-state index contributed by atoms with van der Waals surface area (Å²) in [4.78, 5) is 2.45. The minimum absolute atomic E-state index is 0.439. The van der Waals surface area contributed by atoms with Gasteiger partial charge in [-0.25, -0.2) is 0 Å². The standard InChI is InChI=1S/C14H20ClNO/c1-11-9-12(10-15)3-4-14(11)16-7-5-13(17-2)6-8-16/h3-4,9,13H,5-8,10H2,1-2H3. The summed E-state index contributed by atoms with van der Waals surface area (Å²) in [5, 5.41) is 0. The molecule has 0 aromatic heterocycles. The van der Waals surface area contributed by atoms with Gasteiger partial charge in [0.25, 0.3) is 0 Å². The van der Waals surface area contributed by atoms with Gasteiger partial charge in [0.05, 0.1) is 6.10 Å². The number of benzene rings is 1. The highest BCUT2D eigenvalue weighted by atomic mass is 35.5. The Labute approximate surface area is 109 Å². The number of halogens is 1. The number of alkyl halides is 1. The lowest BCUT2D eigenvalue weighted by molar-refractivity contribution is 0.0819. The Kier molecular flexibility index (Phi) is 4.30. The Morgan fingerprint density at radius 2 is 2.06 bits per heavy atom. The smallest absolute Gasteiger partial charge is 0.0605 e. The molecule has 1 fully saturated rings. The molecule has 1 saturated heterocycles. The largest absolute Gasteiger partial charge is 0.381 e. The van der Waals surface area contributed by atoms with E-state index in [0.29, 0.717) is 12.0 Å². The van der Waals surface area contributed by atoms with E-state index in [1.807, 2.05) is 0 Å². The number of aryl methyl sites for hydroxylation is 1. The molecule has 0 radical (unpaired) electrons. The van der Waals surface area contributed by atoms with E-state index < -0.39 is 0 Å². The van der Waals surface area contributed by atoms with Crippen LogP contribution in [0.5, 0.6) is 0 Å². The number of hydrogen-bond acceptors (Lipinski definition) is 2. The van der Waals surface area contributed by atoms with Crippen LogP contribution in [0.3, 0.4) is 0 Å². The van der Waals surface area contributed by atoms with E-state index in [4.69, 9.17) is 16.3 Å². The fraction of sp³-hybridized carbons (Fsp3) is 0.571. The molecule has 0 atom stereocenters. The van der Waals surface area contributed by atoms with Gasteiger partial charge in [-0.15, -0.1) is 11.6 Å². The van der Waals surface area contributed by atoms with Gasteiger partial charge in [0.15, 0.2) is 0 Å². The highest BCUT2D eigenvalue weighted by molar-refractivity contribution is 6.17. The number of ether oxygens (including phenoxy) is 1. The van der Waals surface area contributed by atoms with Crippen LogP contribution in [0.4, 0.5) is 5.69 Å². The summed E-state index contributed by atoms with van der Waals surface area (Å²) in [5.41, 5.74) is 3.85. The van der Waals surface area contributed by atoms with Crippen molar-refractivity contribution in [1.82, 2.24) is 0 Å². The number of hydrogen-bond donors (Lipinski definition) is 0. The van der Waals surface area contributed by atoms with Gasteiger partial charge in [0.2, 0.25) is 0 Å². The highest BCUT2D eigenvalue weighted by Crippen LogP contribution is 2.25. The second kappa shape index (κ2) is 5.74. The average molecular weight is 254 g/mol. The van der Waals surface area contributed by atoms with Crippen LogP contribution in [0.2, 0.25) is 0 Å². The molecule has 17 heavy (non-hydrogen) atoms. The fourth-order valence-corrected chi connectivity index (χ4v) is 2.65. The molecule has 0 amide bonds. The van der Waals surface area contributed by atoms with Gasteiger partial charge in [-0.3, -0.25) is 0 Å². The summed E-state index contributed by atoms with van der Waals surface area (Å²) in [6.07, 6.45) is 2.68. The molecule has 1 aliphatic rings. The average Bonchev–Trinajstić information content (AvgIpc) is 2.39. The van der Waals surface area contributed by atoms with Crippen molar-refractivity contribution >= 4 is 17.3 Å². The Hall–Kier alpha value is -0.730. The van der Waals surface area contributed by atoms with Gasteiger partial charge in [0.1, 0.15) is 0 Å². The molecule has 1 heterocycles. The third-order valence-corrected chi connectivity index (χ3v) is 3.84. The molecule has 0 saturated carbocycles. The summed E-state index contributed by atoms with van der Waals surface area (Å²) in [6, 6.07) is 6.50. The Morgan fingerprint density at radius 1 is 1.35 bits per heavy atom. The van der Waals surface area contributed by atoms with Gasteiger partial charge < -0.3 is 9.64 Å². The number of piperidine rings is 1. The van der Waals surface area contributed by atoms with Crippen molar-refractivity contribution in [2.24, 2.45) is 0 Å². The van der Waals surface area contributed by atoms with Crippen LogP contribution in [0.25, 0.3) is 0 Å². The zero-order chi connectivity index (χ0) is 12.3. The number of anilines is 1. The Morgan fingerprint density at radius 3 is 2.59 bits per heavy atom. The minimum Gasteiger partial charge on any atom is -0.381 e. The maximum atomic E-state index is 5.84. The summed E-state index contributed by atoms with van der Waals surface area (Å²) in [7, 11) is 1.81. The Balaban J connectivity index is 2.08. The van der Waals surface area contributed by atoms with Crippen molar-refractivity contribution in [3.63, 3.8) is 0 Å². The van der Waals surface area contributed by atoms with E-state index in [2.05, 4.69) is 30.0 Å². The maximum absolute atomic E-state index is 5.84. The van der Waals surface area contributed by atoms with Crippen LogP contribution >= 0.6 is 11.6 Å². The van der Waals surface area contributed by atoms with Crippen molar-refractivity contribution in [3.05, 3.63) is 29.3 Å². The van der Waals surface area contributed by atoms with Crippen molar-refractivity contribution in [2.45, 2.75) is 31.7 Å². The molecule has 2 rings (SSSR count). The van der Waals surface area contributed by atoms with Crippen molar-refractivity contribution in [1.29, 1.82) is 0 Å². The van der Waals surface area contributed by atoms with Crippen molar-refractivity contribution in [3.8, 4) is 0 Å². The molecule has 0 spiro atoms. The van der Waals surface area contributed by atoms with Crippen LogP contribution in [0.1, 0.15) is 24.0 Å². The maximum Gasteiger partial charge on any atom is 0.0605 e. The predicted molar refractivity (Wildman–Crippen MR) is 73.0 cm³/mol. The van der Waals surface area contributed by atoms with E-state index in [9.17, 15) is 0 Å². The van der Waals surface area contributed by atoms with Crippen LogP contribution in [-0.2, 0) is 10.6 Å². The molecule has 0 N–H and O–H groups in total. The van der Waals surface area contributed by atoms with Gasteiger partial charge in [-0.1, -0.05) is 12.1 Å². The third-order valence-electron chi connectivity index (χ3n) is 3.53. The van der Waals surface area contributed by atoms with Crippen LogP contribution in [-0.4, -0.2) is 26.3 Å². The van der Waals surface area contributed by atoms with Gasteiger partial charge >= 0.3 is 0 Å². The zero-order valence-electron chi connectivity index (χ0n) is 10.6. The predicted octanol–water partition coefficient (Wildman–Crippen LogP) is 3.35. The molecule has 3 heteroatoms. The van der Waals surface area contributed by atoms with Crippen LogP contribution in [0.15, 0.2) is 18.2 Å². The van der Waals surface area contributed by atoms with E-state index >= 15 is 0 Å². The Bertz CT molecular complexity index is 372. The van der Waals surface area contributed by atoms with Gasteiger partial charge in [0, 0.05) is 31.8 Å². The molecule has 0 aliphatic carbocycles. The lowest BCUT2D eigenvalue weighted by Crippen LogP contribution is -2.36. The molecule has 1 aromatic carbocycles. The monoisotopic (exact) mass is 253 g/mol. The van der Waals surface area contributed by atoms with E-state index in [-0.39, 0.29) is 0 Å². The summed E-state index contributed by atoms with van der Waals surface area (Å²) < 4.78 is 5.40. The molecular formula is C14H20ClNO. The summed E-state index contributed by atoms with van der Waals surface area (Å²) in [6.45, 7) is 4.33. The lowest BCUT2D eigenvalue weighted by atomic mass is 10.0. The molecule has 2 nitrogen and oxygen atoms in total. The minimum atomic E-state index is 0.439. The molecular weight excluding hydrogens is 234 g/mol. The SMILES string of the molecule is COC1CCN(c2ccc(CCl)cc2C)CC1. The fourth-order valence-electron chi connectivity index (χ4n) is 2.49. The van der Waals surface area contributed by atoms with Gasteiger partial charge in [-0.2, -0.15) is 0 Å². The zero-order valence-corrected chi connectivity index (χ0v) is 11.3. The normalized spacial score (nSPS) is 17.5. The first-order valence-corrected chi connectivity index (χ1v) is 6.71. The summed E-state index contributed by atoms with van der Waals surface area (Å²) >= 11 is 5.84. The number of methoxy groups -OCH3 is 1. The number of rotatable bonds is 3. The van der Waals surface area contributed by atoms with Crippen molar-refractivity contribution < 1.29 is 4.74 Å². The number of nitrogens with zero attached hydrogens (tertiary/aromatic N) is 1. The first-order valence-electron chi connectivity index (χ1n) is 6.18. The van der Waals surface area contributed by atoms with E-state index in [1.54, 1.807) is 7.11 Å². The first kappa shape index (κ1) is 12.7. The molecule has 94 valence electrons. The quantitative estimate of drug-likeness (QED) is 0.766. The first-order chi connectivity index (χ1) is 8.24. The molecule has 0 bridgehead atoms.